The van der Waals surface area contributed by atoms with Gasteiger partial charge in [0.15, 0.2) is 6.61 Å². The first-order chi connectivity index (χ1) is 17.6. The number of esters is 1. The quantitative estimate of drug-likeness (QED) is 0.305. The van der Waals surface area contributed by atoms with E-state index in [1.54, 1.807) is 30.3 Å². The number of halogens is 1. The zero-order chi connectivity index (χ0) is 26.6. The predicted octanol–water partition coefficient (Wildman–Crippen LogP) is 4.81. The van der Waals surface area contributed by atoms with Gasteiger partial charge in [0.2, 0.25) is 10.0 Å². The topological polar surface area (TPSA) is 102 Å². The molecule has 0 aliphatic heterocycles. The summed E-state index contributed by atoms with van der Waals surface area (Å²) in [5.74, 6) is -0.958. The SMILES string of the molecule is COC(=O)c1cc2cc(NC(=O)COc3ccc(N(Cc4ccccc4F)S(C)(=O)=O)cc3)ccc2s1. The molecule has 1 aromatic heterocycles. The van der Waals surface area contributed by atoms with Crippen LogP contribution in [0.25, 0.3) is 10.1 Å². The zero-order valence-electron chi connectivity index (χ0n) is 19.9. The van der Waals surface area contributed by atoms with E-state index in [2.05, 4.69) is 5.32 Å². The van der Waals surface area contributed by atoms with Crippen LogP contribution in [0.3, 0.4) is 0 Å². The number of amides is 1. The highest BCUT2D eigenvalue weighted by Crippen LogP contribution is 2.29. The number of carbonyl (C=O) groups excluding carboxylic acids is 2. The number of ether oxygens (including phenoxy) is 2. The molecule has 0 aliphatic carbocycles. The van der Waals surface area contributed by atoms with E-state index < -0.39 is 27.7 Å². The first kappa shape index (κ1) is 26.1. The van der Waals surface area contributed by atoms with Crippen molar-refractivity contribution in [2.75, 3.05) is 29.6 Å². The number of fused-ring (bicyclic) bond motifs is 1. The summed E-state index contributed by atoms with van der Waals surface area (Å²) in [4.78, 5) is 24.6. The third-order valence-electron chi connectivity index (χ3n) is 5.35. The number of sulfonamides is 1. The van der Waals surface area contributed by atoms with Crippen LogP contribution < -0.4 is 14.4 Å². The summed E-state index contributed by atoms with van der Waals surface area (Å²) < 4.78 is 51.0. The summed E-state index contributed by atoms with van der Waals surface area (Å²) in [6, 6.07) is 19.1. The molecule has 4 rings (SSSR count). The Morgan fingerprint density at radius 3 is 2.43 bits per heavy atom. The lowest BCUT2D eigenvalue weighted by Crippen LogP contribution is -2.29. The molecule has 1 N–H and O–H groups in total. The maximum atomic E-state index is 14.1. The monoisotopic (exact) mass is 542 g/mol. The van der Waals surface area contributed by atoms with Crippen LogP contribution in [0.15, 0.2) is 72.8 Å². The number of anilines is 2. The van der Waals surface area contributed by atoms with Crippen LogP contribution in [0, 0.1) is 5.82 Å². The van der Waals surface area contributed by atoms with Crippen LogP contribution >= 0.6 is 11.3 Å². The van der Waals surface area contributed by atoms with Crippen LogP contribution in [-0.2, 0) is 26.1 Å². The maximum absolute atomic E-state index is 14.1. The fraction of sp³-hybridized carbons (Fsp3) is 0.154. The molecule has 0 radical (unpaired) electrons. The first-order valence-corrected chi connectivity index (χ1v) is 13.7. The smallest absolute Gasteiger partial charge is 0.348 e. The van der Waals surface area contributed by atoms with Crippen LogP contribution in [0.1, 0.15) is 15.2 Å². The number of hydrogen-bond acceptors (Lipinski definition) is 7. The van der Waals surface area contributed by atoms with Gasteiger partial charge >= 0.3 is 5.97 Å². The summed E-state index contributed by atoms with van der Waals surface area (Å²) in [5, 5.41) is 3.54. The van der Waals surface area contributed by atoms with Crippen molar-refractivity contribution in [2.24, 2.45) is 0 Å². The third-order valence-corrected chi connectivity index (χ3v) is 7.59. The van der Waals surface area contributed by atoms with Crippen LogP contribution in [-0.4, -0.2) is 40.3 Å². The fourth-order valence-electron chi connectivity index (χ4n) is 3.56. The average molecular weight is 543 g/mol. The van der Waals surface area contributed by atoms with Gasteiger partial charge in [-0.05, 0) is 60.0 Å². The molecule has 4 aromatic rings. The molecule has 0 bridgehead atoms. The van der Waals surface area contributed by atoms with E-state index in [-0.39, 0.29) is 18.7 Å². The molecule has 0 aliphatic rings. The molecule has 192 valence electrons. The Morgan fingerprint density at radius 1 is 1.03 bits per heavy atom. The minimum absolute atomic E-state index is 0.163. The molecule has 37 heavy (non-hydrogen) atoms. The second-order valence-electron chi connectivity index (χ2n) is 8.05. The second kappa shape index (κ2) is 11.0. The van der Waals surface area contributed by atoms with E-state index in [0.29, 0.717) is 22.0 Å². The number of carbonyl (C=O) groups is 2. The maximum Gasteiger partial charge on any atom is 0.348 e. The fourth-order valence-corrected chi connectivity index (χ4v) is 5.40. The molecule has 0 unspecified atom stereocenters. The summed E-state index contributed by atoms with van der Waals surface area (Å²) in [6.07, 6.45) is 1.05. The molecule has 0 fully saturated rings. The summed E-state index contributed by atoms with van der Waals surface area (Å²) >= 11 is 1.30. The summed E-state index contributed by atoms with van der Waals surface area (Å²) in [5.41, 5.74) is 1.12. The molecule has 3 aromatic carbocycles. The molecular weight excluding hydrogens is 519 g/mol. The minimum Gasteiger partial charge on any atom is -0.484 e. The van der Waals surface area contributed by atoms with Crippen molar-refractivity contribution >= 4 is 54.7 Å². The van der Waals surface area contributed by atoms with Gasteiger partial charge in [0, 0.05) is 16.0 Å². The van der Waals surface area contributed by atoms with Gasteiger partial charge in [-0.25, -0.2) is 17.6 Å². The lowest BCUT2D eigenvalue weighted by Gasteiger charge is -2.23. The highest BCUT2D eigenvalue weighted by Gasteiger charge is 2.19. The third kappa shape index (κ3) is 6.43. The Morgan fingerprint density at radius 2 is 1.76 bits per heavy atom. The van der Waals surface area contributed by atoms with Gasteiger partial charge in [-0.1, -0.05) is 18.2 Å². The van der Waals surface area contributed by atoms with E-state index in [1.165, 1.54) is 60.9 Å². The minimum atomic E-state index is -3.69. The van der Waals surface area contributed by atoms with Crippen LogP contribution in [0.5, 0.6) is 5.75 Å². The van der Waals surface area contributed by atoms with Crippen molar-refractivity contribution in [3.63, 3.8) is 0 Å². The molecule has 1 amide bonds. The highest BCUT2D eigenvalue weighted by atomic mass is 32.2. The normalized spacial score (nSPS) is 11.2. The molecule has 0 spiro atoms. The van der Waals surface area contributed by atoms with Crippen molar-refractivity contribution in [1.29, 1.82) is 0 Å². The van der Waals surface area contributed by atoms with Gasteiger partial charge in [-0.15, -0.1) is 11.3 Å². The van der Waals surface area contributed by atoms with Crippen molar-refractivity contribution in [1.82, 2.24) is 0 Å². The Hall–Kier alpha value is -3.96. The summed E-state index contributed by atoms with van der Waals surface area (Å²) in [7, 11) is -2.37. The number of rotatable bonds is 9. The average Bonchev–Trinajstić information content (AvgIpc) is 3.30. The lowest BCUT2D eigenvalue weighted by atomic mass is 10.2. The number of benzene rings is 3. The number of hydrogen-bond donors (Lipinski definition) is 1. The molecular formula is C26H23FN2O6S2. The van der Waals surface area contributed by atoms with Gasteiger partial charge < -0.3 is 14.8 Å². The van der Waals surface area contributed by atoms with E-state index in [1.807, 2.05) is 0 Å². The van der Waals surface area contributed by atoms with Gasteiger partial charge in [0.1, 0.15) is 16.4 Å². The molecule has 0 saturated carbocycles. The van der Waals surface area contributed by atoms with Gasteiger partial charge in [-0.3, -0.25) is 9.10 Å². The molecule has 1 heterocycles. The zero-order valence-corrected chi connectivity index (χ0v) is 21.6. The van der Waals surface area contributed by atoms with Crippen molar-refractivity contribution < 1.29 is 31.9 Å². The van der Waals surface area contributed by atoms with E-state index >= 15 is 0 Å². The van der Waals surface area contributed by atoms with Gasteiger partial charge in [0.25, 0.3) is 5.91 Å². The second-order valence-corrected chi connectivity index (χ2v) is 11.0. The first-order valence-electron chi connectivity index (χ1n) is 11.0. The number of thiophene rings is 1. The van der Waals surface area contributed by atoms with E-state index in [0.717, 1.165) is 20.6 Å². The number of methoxy groups -OCH3 is 1. The Kier molecular flexibility index (Phi) is 7.74. The largest absolute Gasteiger partial charge is 0.484 e. The number of nitrogens with one attached hydrogen (secondary N) is 1. The van der Waals surface area contributed by atoms with Gasteiger partial charge in [-0.2, -0.15) is 0 Å². The Balaban J connectivity index is 1.38. The Labute approximate surface area is 217 Å². The molecule has 8 nitrogen and oxygen atoms in total. The molecule has 11 heteroatoms. The Bertz CT molecular complexity index is 1550. The van der Waals surface area contributed by atoms with Gasteiger partial charge in [0.05, 0.1) is 25.6 Å². The van der Waals surface area contributed by atoms with Crippen LogP contribution in [0.4, 0.5) is 15.8 Å². The van der Waals surface area contributed by atoms with E-state index in [4.69, 9.17) is 9.47 Å². The molecule has 0 saturated heterocycles. The standard InChI is InChI=1S/C26H23FN2O6S2/c1-34-26(31)24-14-18-13-19(7-12-23(18)36-24)28-25(30)16-35-21-10-8-20(9-11-21)29(37(2,32)33)15-17-5-3-4-6-22(17)27/h3-14H,15-16H2,1-2H3,(H,28,30). The van der Waals surface area contributed by atoms with Crippen molar-refractivity contribution in [3.8, 4) is 5.75 Å². The van der Waals surface area contributed by atoms with Crippen LogP contribution in [0.2, 0.25) is 0 Å². The van der Waals surface area contributed by atoms with Crippen molar-refractivity contribution in [3.05, 3.63) is 89.1 Å². The lowest BCUT2D eigenvalue weighted by molar-refractivity contribution is -0.118. The summed E-state index contributed by atoms with van der Waals surface area (Å²) in [6.45, 7) is -0.441. The predicted molar refractivity (Wildman–Crippen MR) is 141 cm³/mol. The molecule has 0 atom stereocenters. The van der Waals surface area contributed by atoms with E-state index in [9.17, 15) is 22.4 Å². The number of nitrogens with zero attached hydrogens (tertiary/aromatic N) is 1. The highest BCUT2D eigenvalue weighted by molar-refractivity contribution is 7.92. The van der Waals surface area contributed by atoms with Crippen molar-refractivity contribution in [2.45, 2.75) is 6.54 Å².